The Bertz CT molecular complexity index is 1650. The van der Waals surface area contributed by atoms with Crippen molar-refractivity contribution in [3.8, 4) is 11.8 Å². The van der Waals surface area contributed by atoms with Crippen LogP contribution >= 0.6 is 0 Å². The number of nitrogens with one attached hydrogen (secondary N) is 2. The molecule has 44 heavy (non-hydrogen) atoms. The third-order valence-corrected chi connectivity index (χ3v) is 8.03. The number of pyridine rings is 2. The van der Waals surface area contributed by atoms with Crippen LogP contribution in [-0.4, -0.2) is 62.3 Å². The van der Waals surface area contributed by atoms with Gasteiger partial charge in [-0.2, -0.15) is 13.8 Å². The zero-order valence-corrected chi connectivity index (χ0v) is 24.0. The van der Waals surface area contributed by atoms with E-state index in [4.69, 9.17) is 14.2 Å². The smallest absolute Gasteiger partial charge is 0.255 e. The first kappa shape index (κ1) is 29.2. The molecule has 1 aliphatic carbocycles. The number of carbonyl (C=O) groups excluding carboxylic acids is 2. The molecule has 2 amide bonds. The van der Waals surface area contributed by atoms with E-state index >= 15 is 13.2 Å². The lowest BCUT2D eigenvalue weighted by Gasteiger charge is -2.35. The number of morpholine rings is 1. The Morgan fingerprint density at radius 1 is 1.07 bits per heavy atom. The molecule has 1 aromatic carbocycles. The van der Waals surface area contributed by atoms with Gasteiger partial charge in [0.2, 0.25) is 23.4 Å². The summed E-state index contributed by atoms with van der Waals surface area (Å²) in [7, 11) is 2.36. The second kappa shape index (κ2) is 11.3. The number of ether oxygens (including phenoxy) is 3. The van der Waals surface area contributed by atoms with Crippen LogP contribution in [0, 0.1) is 17.5 Å². The van der Waals surface area contributed by atoms with Gasteiger partial charge in [-0.15, -0.1) is 0 Å². The molecule has 2 fully saturated rings. The maximum Gasteiger partial charge on any atom is 0.255 e. The van der Waals surface area contributed by atoms with Gasteiger partial charge in [0.25, 0.3) is 11.8 Å². The van der Waals surface area contributed by atoms with Crippen LogP contribution in [0.25, 0.3) is 0 Å². The number of fused-ring (bicyclic) bond motifs is 2. The minimum Gasteiger partial charge on any atom is -0.479 e. The van der Waals surface area contributed by atoms with E-state index in [9.17, 15) is 9.59 Å². The van der Waals surface area contributed by atoms with Gasteiger partial charge in [0.15, 0.2) is 0 Å². The van der Waals surface area contributed by atoms with Gasteiger partial charge in [-0.1, -0.05) is 6.58 Å². The molecule has 2 aliphatic heterocycles. The van der Waals surface area contributed by atoms with Crippen LogP contribution in [-0.2, 0) is 26.3 Å². The van der Waals surface area contributed by atoms with Gasteiger partial charge < -0.3 is 34.6 Å². The molecular weight excluding hydrogens is 581 g/mol. The SMILES string of the molecule is C=CC(=O)Nc1cc(N2CCOCC2)c(F)cc1Nc1cc2c(cn1)CN(c1c(F)c(OC)nc(OC)c1F)C(=O)C21CC1. The summed E-state index contributed by atoms with van der Waals surface area (Å²) < 4.78 is 61.3. The Morgan fingerprint density at radius 3 is 2.36 bits per heavy atom. The van der Waals surface area contributed by atoms with E-state index in [0.717, 1.165) is 11.0 Å². The average molecular weight is 611 g/mol. The van der Waals surface area contributed by atoms with E-state index in [2.05, 4.69) is 27.2 Å². The highest BCUT2D eigenvalue weighted by Crippen LogP contribution is 2.55. The topological polar surface area (TPSA) is 118 Å². The molecule has 3 aromatic rings. The van der Waals surface area contributed by atoms with Gasteiger partial charge in [-0.25, -0.2) is 9.37 Å². The molecular formula is C30H29F3N6O5. The van der Waals surface area contributed by atoms with Gasteiger partial charge in [0.05, 0.1) is 56.5 Å². The number of nitrogens with zero attached hydrogens (tertiary/aromatic N) is 4. The van der Waals surface area contributed by atoms with Gasteiger partial charge in [-0.05, 0) is 42.2 Å². The summed E-state index contributed by atoms with van der Waals surface area (Å²) in [5.74, 6) is -4.47. The predicted molar refractivity (Wildman–Crippen MR) is 155 cm³/mol. The van der Waals surface area contributed by atoms with Crippen LogP contribution in [0.4, 0.5) is 41.7 Å². The summed E-state index contributed by atoms with van der Waals surface area (Å²) in [6, 6.07) is 4.47. The average Bonchev–Trinajstić information content (AvgIpc) is 3.83. The van der Waals surface area contributed by atoms with Crippen LogP contribution in [0.1, 0.15) is 24.0 Å². The molecule has 4 heterocycles. The molecule has 0 unspecified atom stereocenters. The van der Waals surface area contributed by atoms with E-state index in [1.807, 2.05) is 4.90 Å². The van der Waals surface area contributed by atoms with Crippen molar-refractivity contribution in [2.45, 2.75) is 24.8 Å². The fraction of sp³-hybridized carbons (Fsp3) is 0.333. The molecule has 1 saturated carbocycles. The van der Waals surface area contributed by atoms with Gasteiger partial charge in [-0.3, -0.25) is 9.59 Å². The number of aromatic nitrogens is 2. The predicted octanol–water partition coefficient (Wildman–Crippen LogP) is 4.19. The highest BCUT2D eigenvalue weighted by molar-refractivity contribution is 6.06. The van der Waals surface area contributed by atoms with Crippen molar-refractivity contribution < 1.29 is 37.0 Å². The standard InChI is InChI=1S/C30H29F3N6O5/c1-4-23(40)36-20-13-21(38-7-9-44-10-8-38)18(31)12-19(20)35-22-11-17-16(14-34-22)15-39(29(41)30(17)5-6-30)26-24(32)27(42-2)37-28(43-3)25(26)33/h4,11-14H,1,5-10,15H2,2-3H3,(H,34,35)(H,36,40). The van der Waals surface area contributed by atoms with E-state index in [0.29, 0.717) is 61.6 Å². The van der Waals surface area contributed by atoms with E-state index < -0.39 is 52.1 Å². The van der Waals surface area contributed by atoms with Gasteiger partial charge in [0, 0.05) is 25.4 Å². The third kappa shape index (κ3) is 4.94. The largest absolute Gasteiger partial charge is 0.479 e. The first-order chi connectivity index (χ1) is 21.2. The fourth-order valence-corrected chi connectivity index (χ4v) is 5.66. The number of hydrogen-bond donors (Lipinski definition) is 2. The molecule has 1 spiro atoms. The van der Waals surface area contributed by atoms with E-state index in [1.54, 1.807) is 6.07 Å². The van der Waals surface area contributed by atoms with Crippen molar-refractivity contribution in [3.05, 3.63) is 65.6 Å². The van der Waals surface area contributed by atoms with Crippen LogP contribution < -0.4 is 29.9 Å². The second-order valence-electron chi connectivity index (χ2n) is 10.6. The summed E-state index contributed by atoms with van der Waals surface area (Å²) in [5.41, 5.74) is 0.422. The Balaban J connectivity index is 1.35. The highest BCUT2D eigenvalue weighted by atomic mass is 19.1. The molecule has 14 heteroatoms. The molecule has 2 aromatic heterocycles. The lowest BCUT2D eigenvalue weighted by atomic mass is 9.86. The van der Waals surface area contributed by atoms with Crippen molar-refractivity contribution in [1.82, 2.24) is 9.97 Å². The fourth-order valence-electron chi connectivity index (χ4n) is 5.66. The van der Waals surface area contributed by atoms with Crippen LogP contribution in [0.3, 0.4) is 0 Å². The quantitative estimate of drug-likeness (QED) is 0.362. The molecule has 1 saturated heterocycles. The number of hydrogen-bond acceptors (Lipinski definition) is 9. The Morgan fingerprint density at radius 2 is 1.75 bits per heavy atom. The summed E-state index contributed by atoms with van der Waals surface area (Å²) in [6.07, 6.45) is 3.51. The number of halogens is 3. The Kier molecular flexibility index (Phi) is 7.53. The van der Waals surface area contributed by atoms with Crippen LogP contribution in [0.15, 0.2) is 37.1 Å². The van der Waals surface area contributed by atoms with Crippen molar-refractivity contribution in [2.75, 3.05) is 61.0 Å². The zero-order chi connectivity index (χ0) is 31.2. The van der Waals surface area contributed by atoms with Gasteiger partial charge in [0.1, 0.15) is 17.3 Å². The molecule has 0 atom stereocenters. The van der Waals surface area contributed by atoms with Crippen molar-refractivity contribution in [3.63, 3.8) is 0 Å². The number of anilines is 5. The summed E-state index contributed by atoms with van der Waals surface area (Å²) in [4.78, 5) is 37.1. The minimum absolute atomic E-state index is 0.170. The highest BCUT2D eigenvalue weighted by Gasteiger charge is 2.57. The van der Waals surface area contributed by atoms with E-state index in [1.165, 1.54) is 32.5 Å². The van der Waals surface area contributed by atoms with Crippen molar-refractivity contribution in [1.29, 1.82) is 0 Å². The Labute approximate surface area is 250 Å². The van der Waals surface area contributed by atoms with Crippen molar-refractivity contribution in [2.24, 2.45) is 0 Å². The maximum atomic E-state index is 15.4. The zero-order valence-electron chi connectivity index (χ0n) is 24.0. The molecule has 0 radical (unpaired) electrons. The number of benzene rings is 1. The monoisotopic (exact) mass is 610 g/mol. The first-order valence-electron chi connectivity index (χ1n) is 13.9. The van der Waals surface area contributed by atoms with E-state index in [-0.39, 0.29) is 18.1 Å². The van der Waals surface area contributed by atoms with Crippen molar-refractivity contribution >= 4 is 40.4 Å². The number of amides is 2. The Hall–Kier alpha value is -4.85. The molecule has 230 valence electrons. The molecule has 0 bridgehead atoms. The molecule has 6 rings (SSSR count). The second-order valence-corrected chi connectivity index (χ2v) is 10.6. The molecule has 11 nitrogen and oxygen atoms in total. The van der Waals surface area contributed by atoms with Gasteiger partial charge >= 0.3 is 0 Å². The lowest BCUT2D eigenvalue weighted by Crippen LogP contribution is -2.45. The molecule has 3 aliphatic rings. The lowest BCUT2D eigenvalue weighted by molar-refractivity contribution is -0.121. The summed E-state index contributed by atoms with van der Waals surface area (Å²) in [6.45, 7) is 5.20. The normalized spacial score (nSPS) is 16.8. The maximum absolute atomic E-state index is 15.4. The number of rotatable bonds is 8. The third-order valence-electron chi connectivity index (χ3n) is 8.03. The molecule has 2 N–H and O–H groups in total. The van der Waals surface area contributed by atoms with Crippen LogP contribution in [0.2, 0.25) is 0 Å². The van der Waals surface area contributed by atoms with Crippen LogP contribution in [0.5, 0.6) is 11.8 Å². The first-order valence-corrected chi connectivity index (χ1v) is 13.9. The minimum atomic E-state index is -1.12. The number of carbonyl (C=O) groups is 2. The summed E-state index contributed by atoms with van der Waals surface area (Å²) in [5, 5.41) is 5.77. The number of methoxy groups -OCH3 is 2. The summed E-state index contributed by atoms with van der Waals surface area (Å²) >= 11 is 0.